The maximum absolute atomic E-state index is 10.8. The molecule has 0 bridgehead atoms. The number of rotatable bonds is 6. The number of furan rings is 1. The summed E-state index contributed by atoms with van der Waals surface area (Å²) in [6.07, 6.45) is 0.592. The van der Waals surface area contributed by atoms with Crippen LogP contribution in [0.3, 0.4) is 0 Å². The number of benzene rings is 1. The van der Waals surface area contributed by atoms with Gasteiger partial charge in [-0.05, 0) is 42.7 Å². The van der Waals surface area contributed by atoms with Gasteiger partial charge in [-0.2, -0.15) is 0 Å². The number of carboxylic acids is 1. The lowest BCUT2D eigenvalue weighted by molar-refractivity contribution is 0.0661. The number of nitrogen functional groups attached to an aromatic ring is 1. The number of aryl methyl sites for hydroxylation is 2. The van der Waals surface area contributed by atoms with Crippen molar-refractivity contribution in [3.05, 3.63) is 64.4 Å². The summed E-state index contributed by atoms with van der Waals surface area (Å²) in [5, 5.41) is 17.7. The molecule has 0 saturated carbocycles. The van der Waals surface area contributed by atoms with Gasteiger partial charge in [0.2, 0.25) is 10.9 Å². The minimum atomic E-state index is -1.09. The van der Waals surface area contributed by atoms with Gasteiger partial charge < -0.3 is 15.4 Å². The lowest BCUT2D eigenvalue weighted by Gasteiger charge is -2.06. The van der Waals surface area contributed by atoms with Gasteiger partial charge in [0.25, 0.3) is 0 Å². The number of carbonyl (C=O) groups is 1. The molecule has 0 saturated heterocycles. The van der Waals surface area contributed by atoms with Crippen molar-refractivity contribution >= 4 is 17.7 Å². The Kier molecular flexibility index (Phi) is 4.80. The van der Waals surface area contributed by atoms with E-state index in [4.69, 9.17) is 15.4 Å². The Bertz CT molecular complexity index is 917. The van der Waals surface area contributed by atoms with Gasteiger partial charge in [0.05, 0.1) is 5.75 Å². The summed E-state index contributed by atoms with van der Waals surface area (Å²) in [6, 6.07) is 9.31. The van der Waals surface area contributed by atoms with E-state index < -0.39 is 5.97 Å². The number of hydrogen-bond donors (Lipinski definition) is 2. The molecular weight excluding hydrogens is 340 g/mol. The lowest BCUT2D eigenvalue weighted by atomic mass is 10.0. The van der Waals surface area contributed by atoms with Crippen molar-refractivity contribution in [2.75, 3.05) is 5.84 Å². The Hall–Kier alpha value is -2.74. The second-order valence-electron chi connectivity index (χ2n) is 5.72. The van der Waals surface area contributed by atoms with Gasteiger partial charge >= 0.3 is 5.97 Å². The molecule has 0 aliphatic carbocycles. The molecule has 0 aliphatic heterocycles. The third-order valence-corrected chi connectivity index (χ3v) is 4.85. The molecule has 25 heavy (non-hydrogen) atoms. The van der Waals surface area contributed by atoms with Crippen LogP contribution in [0.25, 0.3) is 0 Å². The van der Waals surface area contributed by atoms with Crippen molar-refractivity contribution in [1.82, 2.24) is 14.9 Å². The molecule has 0 unspecified atom stereocenters. The first-order valence-corrected chi connectivity index (χ1v) is 8.63. The molecule has 0 aliphatic rings. The summed E-state index contributed by atoms with van der Waals surface area (Å²) in [6.45, 7) is 4.14. The van der Waals surface area contributed by atoms with Crippen LogP contribution in [0.5, 0.6) is 0 Å². The van der Waals surface area contributed by atoms with E-state index in [9.17, 15) is 4.79 Å². The highest BCUT2D eigenvalue weighted by Gasteiger charge is 2.14. The summed E-state index contributed by atoms with van der Waals surface area (Å²) in [4.78, 5) is 10.8. The molecule has 2 heterocycles. The number of aromatic nitrogens is 3. The molecule has 3 N–H and O–H groups in total. The Labute approximate surface area is 148 Å². The van der Waals surface area contributed by atoms with Crippen molar-refractivity contribution < 1.29 is 14.3 Å². The van der Waals surface area contributed by atoms with Gasteiger partial charge in [-0.3, -0.25) is 0 Å². The molecule has 0 fully saturated rings. The monoisotopic (exact) mass is 358 g/mol. The fourth-order valence-electron chi connectivity index (χ4n) is 2.33. The van der Waals surface area contributed by atoms with Gasteiger partial charge in [0, 0.05) is 6.42 Å². The summed E-state index contributed by atoms with van der Waals surface area (Å²) >= 11 is 1.34. The van der Waals surface area contributed by atoms with Crippen molar-refractivity contribution in [3.63, 3.8) is 0 Å². The summed E-state index contributed by atoms with van der Waals surface area (Å²) < 4.78 is 6.67. The van der Waals surface area contributed by atoms with Crippen LogP contribution < -0.4 is 5.84 Å². The highest BCUT2D eigenvalue weighted by Crippen LogP contribution is 2.22. The molecule has 0 radical (unpaired) electrons. The van der Waals surface area contributed by atoms with E-state index in [-0.39, 0.29) is 5.76 Å². The molecule has 0 spiro atoms. The van der Waals surface area contributed by atoms with E-state index in [1.807, 2.05) is 0 Å². The van der Waals surface area contributed by atoms with E-state index in [1.165, 1.54) is 33.6 Å². The van der Waals surface area contributed by atoms with Crippen LogP contribution in [0.15, 0.2) is 39.9 Å². The predicted molar refractivity (Wildman–Crippen MR) is 94.1 cm³/mol. The minimum Gasteiger partial charge on any atom is -0.475 e. The molecule has 1 aromatic carbocycles. The smallest absolute Gasteiger partial charge is 0.371 e. The van der Waals surface area contributed by atoms with Gasteiger partial charge in [0.1, 0.15) is 5.76 Å². The van der Waals surface area contributed by atoms with Gasteiger partial charge in [-0.25, -0.2) is 9.47 Å². The van der Waals surface area contributed by atoms with E-state index in [0.29, 0.717) is 28.9 Å². The van der Waals surface area contributed by atoms with Crippen molar-refractivity contribution in [3.8, 4) is 0 Å². The van der Waals surface area contributed by atoms with Crippen LogP contribution in [-0.2, 0) is 12.2 Å². The molecule has 0 atom stereocenters. The maximum Gasteiger partial charge on any atom is 0.371 e. The first kappa shape index (κ1) is 17.1. The third kappa shape index (κ3) is 3.85. The van der Waals surface area contributed by atoms with Crippen molar-refractivity contribution in [2.24, 2.45) is 0 Å². The zero-order valence-electron chi connectivity index (χ0n) is 13.9. The normalized spacial score (nSPS) is 11.0. The minimum absolute atomic E-state index is 0.0831. The average Bonchev–Trinajstić information content (AvgIpc) is 3.17. The maximum atomic E-state index is 10.8. The number of hydrogen-bond acceptors (Lipinski definition) is 6. The van der Waals surface area contributed by atoms with Gasteiger partial charge in [-0.1, -0.05) is 30.0 Å². The second kappa shape index (κ2) is 7.02. The Balaban J connectivity index is 1.67. The Morgan fingerprint density at radius 2 is 2.04 bits per heavy atom. The lowest BCUT2D eigenvalue weighted by Crippen LogP contribution is -2.14. The SMILES string of the molecule is Cc1ccc(Cc2nnc(SCc3ccc(C(=O)O)o3)n2N)cc1C. The number of nitrogens with zero attached hydrogens (tertiary/aromatic N) is 3. The van der Waals surface area contributed by atoms with Crippen molar-refractivity contribution in [1.29, 1.82) is 0 Å². The highest BCUT2D eigenvalue weighted by molar-refractivity contribution is 7.98. The summed E-state index contributed by atoms with van der Waals surface area (Å²) in [7, 11) is 0. The third-order valence-electron chi connectivity index (χ3n) is 3.88. The molecular formula is C17H18N4O3S. The number of thioether (sulfide) groups is 1. The van der Waals surface area contributed by atoms with E-state index in [1.54, 1.807) is 6.07 Å². The molecule has 3 rings (SSSR count). The van der Waals surface area contributed by atoms with Crippen LogP contribution in [0.4, 0.5) is 0 Å². The predicted octanol–water partition coefficient (Wildman–Crippen LogP) is 2.78. The van der Waals surface area contributed by atoms with Crippen LogP contribution in [0.2, 0.25) is 0 Å². The molecule has 130 valence electrons. The molecule has 8 heteroatoms. The first-order chi connectivity index (χ1) is 11.9. The van der Waals surface area contributed by atoms with Gasteiger partial charge in [-0.15, -0.1) is 10.2 Å². The second-order valence-corrected chi connectivity index (χ2v) is 6.67. The van der Waals surface area contributed by atoms with Gasteiger partial charge in [0.15, 0.2) is 5.82 Å². The number of nitrogens with two attached hydrogens (primary N) is 1. The van der Waals surface area contributed by atoms with E-state index >= 15 is 0 Å². The first-order valence-electron chi connectivity index (χ1n) is 7.64. The Morgan fingerprint density at radius 3 is 2.72 bits per heavy atom. The quantitative estimate of drug-likeness (QED) is 0.515. The standard InChI is InChI=1S/C17H18N4O3S/c1-10-3-4-12(7-11(10)2)8-15-19-20-17(21(15)18)25-9-13-5-6-14(24-13)16(22)23/h3-7H,8-9,18H2,1-2H3,(H,22,23). The van der Waals surface area contributed by atoms with Crippen LogP contribution in [0, 0.1) is 13.8 Å². The zero-order chi connectivity index (χ0) is 18.0. The fraction of sp³-hybridized carbons (Fsp3) is 0.235. The van der Waals surface area contributed by atoms with E-state index in [2.05, 4.69) is 42.2 Å². The fourth-order valence-corrected chi connectivity index (χ4v) is 3.10. The van der Waals surface area contributed by atoms with Crippen LogP contribution in [0.1, 0.15) is 38.8 Å². The molecule has 2 aromatic heterocycles. The topological polar surface area (TPSA) is 107 Å². The summed E-state index contributed by atoms with van der Waals surface area (Å²) in [5.74, 6) is 6.54. The molecule has 7 nitrogen and oxygen atoms in total. The molecule has 0 amide bonds. The largest absolute Gasteiger partial charge is 0.475 e. The summed E-state index contributed by atoms with van der Waals surface area (Å²) in [5.41, 5.74) is 3.59. The number of carboxylic acid groups (broad SMARTS) is 1. The van der Waals surface area contributed by atoms with E-state index in [0.717, 1.165) is 5.56 Å². The highest BCUT2D eigenvalue weighted by atomic mass is 32.2. The van der Waals surface area contributed by atoms with Crippen LogP contribution in [-0.4, -0.2) is 25.9 Å². The molecule has 3 aromatic rings. The average molecular weight is 358 g/mol. The van der Waals surface area contributed by atoms with Crippen molar-refractivity contribution in [2.45, 2.75) is 31.2 Å². The number of aromatic carboxylic acids is 1. The van der Waals surface area contributed by atoms with Crippen LogP contribution >= 0.6 is 11.8 Å². The zero-order valence-corrected chi connectivity index (χ0v) is 14.7. The Morgan fingerprint density at radius 1 is 1.24 bits per heavy atom.